The molecule has 182 valence electrons. The summed E-state index contributed by atoms with van der Waals surface area (Å²) in [5.74, 6) is -4.47. The van der Waals surface area contributed by atoms with E-state index >= 15 is 0 Å². The van der Waals surface area contributed by atoms with Crippen LogP contribution in [0.15, 0.2) is 24.3 Å². The van der Waals surface area contributed by atoms with Crippen molar-refractivity contribution in [2.24, 2.45) is 11.8 Å². The molecule has 0 saturated carbocycles. The number of hydrogen-bond acceptors (Lipinski definition) is 9. The number of benzene rings is 1. The third kappa shape index (κ3) is 6.30. The zero-order valence-corrected chi connectivity index (χ0v) is 18.8. The lowest BCUT2D eigenvalue weighted by molar-refractivity contribution is -0.384. The standard InChI is InChI=1S/C21H25N5O8/c1-4-33-15(27)9-23-12(3)16-17(24-20(16)29)11(2)19(28)18(25-22)21(30)34-10-13-5-7-14(8-6-13)26(31)32/h5-8,11-12,16-17,23H,4,9-10H2,1-3H3,(H,24,29)/t11-,12-,16-,17-/m1/s1. The highest BCUT2D eigenvalue weighted by molar-refractivity contribution is 6.62. The van der Waals surface area contributed by atoms with Crippen molar-refractivity contribution in [2.45, 2.75) is 39.5 Å². The van der Waals surface area contributed by atoms with Gasteiger partial charge in [-0.2, -0.15) is 4.79 Å². The number of carbonyl (C=O) groups excluding carboxylic acids is 4. The minimum absolute atomic E-state index is 0.119. The lowest BCUT2D eigenvalue weighted by Gasteiger charge is -2.42. The molecule has 0 radical (unpaired) electrons. The summed E-state index contributed by atoms with van der Waals surface area (Å²) in [5.41, 5.74) is 8.68. The van der Waals surface area contributed by atoms with E-state index < -0.39 is 52.3 Å². The Balaban J connectivity index is 1.98. The van der Waals surface area contributed by atoms with Crippen molar-refractivity contribution in [2.75, 3.05) is 13.2 Å². The van der Waals surface area contributed by atoms with Crippen LogP contribution in [-0.2, 0) is 35.3 Å². The van der Waals surface area contributed by atoms with E-state index in [0.29, 0.717) is 5.56 Å². The number of Topliss-reactive ketones (excluding diaryl/α,β-unsaturated/α-hetero) is 1. The molecule has 1 fully saturated rings. The van der Waals surface area contributed by atoms with Crippen molar-refractivity contribution in [3.63, 3.8) is 0 Å². The number of nitrogens with one attached hydrogen (secondary N) is 2. The van der Waals surface area contributed by atoms with Gasteiger partial charge in [0.2, 0.25) is 5.91 Å². The maximum absolute atomic E-state index is 12.8. The second-order valence-corrected chi connectivity index (χ2v) is 7.64. The molecule has 1 aromatic carbocycles. The Morgan fingerprint density at radius 3 is 2.41 bits per heavy atom. The highest BCUT2D eigenvalue weighted by Gasteiger charge is 2.50. The number of carbonyl (C=O) groups is 4. The van der Waals surface area contributed by atoms with Gasteiger partial charge in [-0.1, -0.05) is 6.92 Å². The summed E-state index contributed by atoms with van der Waals surface area (Å²) in [5, 5.41) is 16.2. The van der Waals surface area contributed by atoms with E-state index in [0.717, 1.165) is 0 Å². The molecule has 0 aromatic heterocycles. The van der Waals surface area contributed by atoms with E-state index in [1.54, 1.807) is 13.8 Å². The summed E-state index contributed by atoms with van der Waals surface area (Å²) in [6, 6.07) is 4.06. The monoisotopic (exact) mass is 475 g/mol. The fraction of sp³-hybridized carbons (Fsp3) is 0.476. The Hall–Kier alpha value is -3.96. The van der Waals surface area contributed by atoms with Crippen molar-refractivity contribution in [3.8, 4) is 0 Å². The van der Waals surface area contributed by atoms with E-state index in [2.05, 4.69) is 15.4 Å². The van der Waals surface area contributed by atoms with Gasteiger partial charge < -0.3 is 25.6 Å². The molecule has 13 heteroatoms. The average molecular weight is 475 g/mol. The number of amides is 1. The summed E-state index contributed by atoms with van der Waals surface area (Å²) >= 11 is 0. The number of ketones is 1. The first-order chi connectivity index (χ1) is 16.1. The van der Waals surface area contributed by atoms with Gasteiger partial charge in [-0.25, -0.2) is 4.79 Å². The Morgan fingerprint density at radius 1 is 1.24 bits per heavy atom. The second kappa shape index (κ2) is 11.8. The van der Waals surface area contributed by atoms with Crippen LogP contribution < -0.4 is 10.6 Å². The largest absolute Gasteiger partial charge is 0.465 e. The molecule has 2 rings (SSSR count). The zero-order valence-electron chi connectivity index (χ0n) is 18.8. The van der Waals surface area contributed by atoms with Gasteiger partial charge in [-0.3, -0.25) is 24.5 Å². The molecular formula is C21H25N5O8. The van der Waals surface area contributed by atoms with Crippen LogP contribution in [0.4, 0.5) is 5.69 Å². The van der Waals surface area contributed by atoms with E-state index in [4.69, 9.17) is 9.47 Å². The molecule has 1 amide bonds. The van der Waals surface area contributed by atoms with Crippen LogP contribution in [-0.4, -0.2) is 64.3 Å². The molecule has 1 saturated heterocycles. The van der Waals surface area contributed by atoms with Crippen molar-refractivity contribution >= 4 is 35.0 Å². The number of non-ortho nitro benzene ring substituents is 1. The number of β-lactam (4-membered cyclic amide) rings is 1. The maximum Gasteiger partial charge on any atom is 0.441 e. The van der Waals surface area contributed by atoms with Crippen molar-refractivity contribution in [1.29, 1.82) is 0 Å². The van der Waals surface area contributed by atoms with E-state index in [-0.39, 0.29) is 31.4 Å². The highest BCUT2D eigenvalue weighted by atomic mass is 16.6. The molecule has 1 aliphatic heterocycles. The summed E-state index contributed by atoms with van der Waals surface area (Å²) in [4.78, 5) is 61.6. The first kappa shape index (κ1) is 26.3. The normalized spacial score (nSPS) is 18.4. The number of rotatable bonds is 12. The number of ether oxygens (including phenoxy) is 2. The minimum Gasteiger partial charge on any atom is -0.465 e. The van der Waals surface area contributed by atoms with Gasteiger partial charge in [-0.05, 0) is 31.5 Å². The van der Waals surface area contributed by atoms with Crippen LogP contribution in [0, 0.1) is 22.0 Å². The zero-order chi connectivity index (χ0) is 25.4. The van der Waals surface area contributed by atoms with Crippen LogP contribution in [0.5, 0.6) is 0 Å². The van der Waals surface area contributed by atoms with Gasteiger partial charge in [0.1, 0.15) is 6.61 Å². The first-order valence-corrected chi connectivity index (χ1v) is 10.5. The van der Waals surface area contributed by atoms with Crippen LogP contribution >= 0.6 is 0 Å². The number of esters is 2. The summed E-state index contributed by atoms with van der Waals surface area (Å²) in [6.45, 7) is 4.59. The highest BCUT2D eigenvalue weighted by Crippen LogP contribution is 2.26. The molecule has 1 aliphatic rings. The van der Waals surface area contributed by atoms with E-state index in [1.807, 2.05) is 0 Å². The number of nitro benzene ring substituents is 1. The average Bonchev–Trinajstić information content (AvgIpc) is 2.80. The predicted octanol–water partition coefficient (Wildman–Crippen LogP) is 0.170. The van der Waals surface area contributed by atoms with Crippen molar-refractivity contribution in [3.05, 3.63) is 45.5 Å². The number of nitrogens with zero attached hydrogens (tertiary/aromatic N) is 3. The summed E-state index contributed by atoms with van der Waals surface area (Å²) in [7, 11) is 0. The molecule has 0 aliphatic carbocycles. The van der Waals surface area contributed by atoms with Crippen LogP contribution in [0.25, 0.3) is 5.53 Å². The molecule has 4 atom stereocenters. The van der Waals surface area contributed by atoms with Crippen LogP contribution in [0.1, 0.15) is 26.3 Å². The minimum atomic E-state index is -1.19. The Bertz CT molecular complexity index is 1020. The Kier molecular flexibility index (Phi) is 9.10. The molecule has 0 unspecified atom stereocenters. The van der Waals surface area contributed by atoms with Gasteiger partial charge in [0, 0.05) is 24.1 Å². The van der Waals surface area contributed by atoms with Crippen molar-refractivity contribution in [1.82, 2.24) is 10.6 Å². The smallest absolute Gasteiger partial charge is 0.441 e. The quantitative estimate of drug-likeness (QED) is 0.0620. The molecule has 0 bridgehead atoms. The first-order valence-electron chi connectivity index (χ1n) is 10.5. The van der Waals surface area contributed by atoms with Crippen LogP contribution in [0.2, 0.25) is 0 Å². The predicted molar refractivity (Wildman–Crippen MR) is 115 cm³/mol. The molecule has 0 spiro atoms. The molecule has 2 N–H and O–H groups in total. The Labute approximate surface area is 194 Å². The lowest BCUT2D eigenvalue weighted by atomic mass is 9.75. The molecule has 1 heterocycles. The SMILES string of the molecule is CCOC(=O)CN[C@H](C)[C@H]1C(=O)N[C@@H]1[C@@H](C)C(=O)C(=[N+]=[N-])C(=O)OCc1ccc([N+](=O)[O-])cc1. The second-order valence-electron chi connectivity index (χ2n) is 7.64. The molecule has 1 aromatic rings. The molecular weight excluding hydrogens is 450 g/mol. The summed E-state index contributed by atoms with van der Waals surface area (Å²) < 4.78 is 9.82. The van der Waals surface area contributed by atoms with Gasteiger partial charge in [0.25, 0.3) is 11.5 Å². The summed E-state index contributed by atoms with van der Waals surface area (Å²) in [6.07, 6.45) is 0. The molecule has 13 nitrogen and oxygen atoms in total. The van der Waals surface area contributed by atoms with E-state index in [1.165, 1.54) is 31.2 Å². The molecule has 34 heavy (non-hydrogen) atoms. The van der Waals surface area contributed by atoms with Crippen LogP contribution in [0.3, 0.4) is 0 Å². The van der Waals surface area contributed by atoms with Crippen molar-refractivity contribution < 1.29 is 38.4 Å². The van der Waals surface area contributed by atoms with Gasteiger partial charge in [-0.15, -0.1) is 0 Å². The maximum atomic E-state index is 12.8. The number of hydrogen-bond donors (Lipinski definition) is 2. The fourth-order valence-electron chi connectivity index (χ4n) is 3.48. The van der Waals surface area contributed by atoms with E-state index in [9.17, 15) is 34.8 Å². The van der Waals surface area contributed by atoms with Gasteiger partial charge in [0.15, 0.2) is 0 Å². The third-order valence-corrected chi connectivity index (χ3v) is 5.41. The lowest BCUT2D eigenvalue weighted by Crippen LogP contribution is -2.68. The fourth-order valence-corrected chi connectivity index (χ4v) is 3.48. The van der Waals surface area contributed by atoms with Gasteiger partial charge in [0.05, 0.1) is 30.0 Å². The van der Waals surface area contributed by atoms with Gasteiger partial charge >= 0.3 is 17.7 Å². The number of nitro groups is 1. The third-order valence-electron chi connectivity index (χ3n) is 5.41. The Morgan fingerprint density at radius 2 is 1.88 bits per heavy atom. The topological polar surface area (TPSA) is 190 Å².